The summed E-state index contributed by atoms with van der Waals surface area (Å²) in [6, 6.07) is 2.45. The standard InChI is InChI=1S/C18H27N5O/c1-2-15-11-17(21-12-20-15)23-7-5-16(6-8-23)22-18(24)10-13-3-4-14(19)9-13/h3-4,11-14,16H,2,5-10,19H2,1H3,(H,22,24)/t13-,14+/m1/s1. The van der Waals surface area contributed by atoms with Gasteiger partial charge in [0.15, 0.2) is 0 Å². The maximum absolute atomic E-state index is 12.2. The molecule has 1 fully saturated rings. The van der Waals surface area contributed by atoms with Crippen molar-refractivity contribution in [2.75, 3.05) is 18.0 Å². The van der Waals surface area contributed by atoms with Crippen LogP contribution in [0.5, 0.6) is 0 Å². The number of nitrogens with zero attached hydrogens (tertiary/aromatic N) is 3. The molecule has 0 aromatic carbocycles. The summed E-state index contributed by atoms with van der Waals surface area (Å²) in [6.45, 7) is 3.93. The molecule has 3 N–H and O–H groups in total. The topological polar surface area (TPSA) is 84.1 Å². The van der Waals surface area contributed by atoms with E-state index in [1.165, 1.54) is 0 Å². The van der Waals surface area contributed by atoms with E-state index in [9.17, 15) is 4.79 Å². The number of nitrogens with one attached hydrogen (secondary N) is 1. The number of hydrogen-bond donors (Lipinski definition) is 2. The first-order chi connectivity index (χ1) is 11.6. The van der Waals surface area contributed by atoms with Gasteiger partial charge in [-0.1, -0.05) is 19.1 Å². The first kappa shape index (κ1) is 16.9. The van der Waals surface area contributed by atoms with Gasteiger partial charge < -0.3 is 16.0 Å². The Morgan fingerprint density at radius 1 is 1.33 bits per heavy atom. The van der Waals surface area contributed by atoms with Gasteiger partial charge in [-0.15, -0.1) is 0 Å². The third-order valence-corrected chi connectivity index (χ3v) is 4.91. The number of nitrogens with two attached hydrogens (primary N) is 1. The van der Waals surface area contributed by atoms with Crippen LogP contribution in [0.2, 0.25) is 0 Å². The van der Waals surface area contributed by atoms with Gasteiger partial charge in [-0.2, -0.15) is 0 Å². The van der Waals surface area contributed by atoms with Gasteiger partial charge in [0.1, 0.15) is 12.1 Å². The summed E-state index contributed by atoms with van der Waals surface area (Å²) in [5, 5.41) is 3.18. The van der Waals surface area contributed by atoms with Gasteiger partial charge in [0, 0.05) is 43.4 Å². The van der Waals surface area contributed by atoms with Crippen molar-refractivity contribution < 1.29 is 4.79 Å². The van der Waals surface area contributed by atoms with E-state index in [0.29, 0.717) is 12.3 Å². The highest BCUT2D eigenvalue weighted by atomic mass is 16.1. The van der Waals surface area contributed by atoms with Crippen LogP contribution in [0.3, 0.4) is 0 Å². The fourth-order valence-electron chi connectivity index (χ4n) is 3.49. The number of hydrogen-bond acceptors (Lipinski definition) is 5. The van der Waals surface area contributed by atoms with Crippen molar-refractivity contribution in [2.45, 2.75) is 51.1 Å². The first-order valence-corrected chi connectivity index (χ1v) is 8.93. The zero-order valence-corrected chi connectivity index (χ0v) is 14.3. The van der Waals surface area contributed by atoms with Crippen LogP contribution in [0.4, 0.5) is 5.82 Å². The van der Waals surface area contributed by atoms with Crippen LogP contribution in [0.1, 0.15) is 38.3 Å². The molecule has 1 aliphatic heterocycles. The molecule has 0 bridgehead atoms. The Morgan fingerprint density at radius 2 is 2.12 bits per heavy atom. The molecule has 130 valence electrons. The molecule has 3 rings (SSSR count). The summed E-state index contributed by atoms with van der Waals surface area (Å²) >= 11 is 0. The Morgan fingerprint density at radius 3 is 2.79 bits per heavy atom. The van der Waals surface area contributed by atoms with Gasteiger partial charge in [0.25, 0.3) is 0 Å². The Bertz CT molecular complexity index is 595. The lowest BCUT2D eigenvalue weighted by atomic mass is 10.0. The number of piperidine rings is 1. The van der Waals surface area contributed by atoms with Gasteiger partial charge in [0.2, 0.25) is 5.91 Å². The zero-order chi connectivity index (χ0) is 16.9. The van der Waals surface area contributed by atoms with Crippen LogP contribution in [-0.4, -0.2) is 41.0 Å². The van der Waals surface area contributed by atoms with E-state index < -0.39 is 0 Å². The molecule has 0 saturated carbocycles. The lowest BCUT2D eigenvalue weighted by Gasteiger charge is -2.33. The van der Waals surface area contributed by atoms with Crippen molar-refractivity contribution in [1.82, 2.24) is 15.3 Å². The first-order valence-electron chi connectivity index (χ1n) is 8.93. The van der Waals surface area contributed by atoms with E-state index in [1.54, 1.807) is 6.33 Å². The molecule has 1 saturated heterocycles. The molecule has 2 atom stereocenters. The van der Waals surface area contributed by atoms with Crippen molar-refractivity contribution in [3.05, 3.63) is 30.2 Å². The van der Waals surface area contributed by atoms with E-state index in [0.717, 1.165) is 50.3 Å². The molecule has 6 nitrogen and oxygen atoms in total. The number of carbonyl (C=O) groups excluding carboxylic acids is 1. The lowest BCUT2D eigenvalue weighted by Crippen LogP contribution is -2.45. The summed E-state index contributed by atoms with van der Waals surface area (Å²) in [5.41, 5.74) is 6.91. The Balaban J connectivity index is 1.45. The minimum atomic E-state index is 0.118. The van der Waals surface area contributed by atoms with Gasteiger partial charge in [-0.3, -0.25) is 4.79 Å². The summed E-state index contributed by atoms with van der Waals surface area (Å²) < 4.78 is 0. The second kappa shape index (κ2) is 7.75. The van der Waals surface area contributed by atoms with Gasteiger partial charge in [-0.05, 0) is 31.6 Å². The van der Waals surface area contributed by atoms with Gasteiger partial charge >= 0.3 is 0 Å². The van der Waals surface area contributed by atoms with Crippen LogP contribution in [0.15, 0.2) is 24.5 Å². The smallest absolute Gasteiger partial charge is 0.220 e. The van der Waals surface area contributed by atoms with Crippen molar-refractivity contribution in [1.29, 1.82) is 0 Å². The monoisotopic (exact) mass is 329 g/mol. The molecule has 1 aromatic heterocycles. The van der Waals surface area contributed by atoms with Crippen LogP contribution in [-0.2, 0) is 11.2 Å². The van der Waals surface area contributed by atoms with Crippen LogP contribution < -0.4 is 16.0 Å². The minimum Gasteiger partial charge on any atom is -0.356 e. The minimum absolute atomic E-state index is 0.118. The average molecular weight is 329 g/mol. The third-order valence-electron chi connectivity index (χ3n) is 4.91. The van der Waals surface area contributed by atoms with E-state index in [1.807, 2.05) is 6.08 Å². The SMILES string of the molecule is CCc1cc(N2CCC(NC(=O)C[C@@H]3C=C[C@H](N)C3)CC2)ncn1. The van der Waals surface area contributed by atoms with Crippen LogP contribution in [0, 0.1) is 5.92 Å². The predicted octanol–water partition coefficient (Wildman–Crippen LogP) is 1.42. The second-order valence-corrected chi connectivity index (χ2v) is 6.80. The Kier molecular flexibility index (Phi) is 5.45. The number of anilines is 1. The number of allylic oxidation sites excluding steroid dienone is 1. The van der Waals surface area contributed by atoms with Crippen molar-refractivity contribution in [2.24, 2.45) is 11.7 Å². The summed E-state index contributed by atoms with van der Waals surface area (Å²) in [5.74, 6) is 1.44. The number of carbonyl (C=O) groups is 1. The van der Waals surface area contributed by atoms with Crippen molar-refractivity contribution >= 4 is 11.7 Å². The number of aryl methyl sites for hydroxylation is 1. The summed E-state index contributed by atoms with van der Waals surface area (Å²) in [7, 11) is 0. The largest absolute Gasteiger partial charge is 0.356 e. The normalized spacial score (nSPS) is 24.3. The van der Waals surface area contributed by atoms with Gasteiger partial charge in [0.05, 0.1) is 0 Å². The van der Waals surface area contributed by atoms with Gasteiger partial charge in [-0.25, -0.2) is 9.97 Å². The quantitative estimate of drug-likeness (QED) is 0.798. The van der Waals surface area contributed by atoms with E-state index in [-0.39, 0.29) is 18.0 Å². The zero-order valence-electron chi connectivity index (χ0n) is 14.3. The van der Waals surface area contributed by atoms with E-state index >= 15 is 0 Å². The molecule has 0 unspecified atom stereocenters. The fraction of sp³-hybridized carbons (Fsp3) is 0.611. The fourth-order valence-corrected chi connectivity index (χ4v) is 3.49. The maximum atomic E-state index is 12.2. The molecule has 2 heterocycles. The highest BCUT2D eigenvalue weighted by molar-refractivity contribution is 5.76. The van der Waals surface area contributed by atoms with Crippen molar-refractivity contribution in [3.63, 3.8) is 0 Å². The maximum Gasteiger partial charge on any atom is 0.220 e. The summed E-state index contributed by atoms with van der Waals surface area (Å²) in [4.78, 5) is 23.1. The molecule has 2 aliphatic rings. The molecule has 1 aliphatic carbocycles. The predicted molar refractivity (Wildman–Crippen MR) is 94.6 cm³/mol. The third kappa shape index (κ3) is 4.32. The van der Waals surface area contributed by atoms with Crippen molar-refractivity contribution in [3.8, 4) is 0 Å². The summed E-state index contributed by atoms with van der Waals surface area (Å²) in [6.07, 6.45) is 9.99. The molecule has 0 radical (unpaired) electrons. The molecule has 1 aromatic rings. The molecular formula is C18H27N5O. The molecule has 0 spiro atoms. The highest BCUT2D eigenvalue weighted by Gasteiger charge is 2.24. The average Bonchev–Trinajstić information content (AvgIpc) is 3.00. The van der Waals surface area contributed by atoms with Crippen LogP contribution in [0.25, 0.3) is 0 Å². The van der Waals surface area contributed by atoms with E-state index in [2.05, 4.69) is 39.3 Å². The number of amides is 1. The highest BCUT2D eigenvalue weighted by Crippen LogP contribution is 2.21. The van der Waals surface area contributed by atoms with Crippen LogP contribution >= 0.6 is 0 Å². The second-order valence-electron chi connectivity index (χ2n) is 6.80. The molecule has 1 amide bonds. The molecule has 6 heteroatoms. The lowest BCUT2D eigenvalue weighted by molar-refractivity contribution is -0.122. The Hall–Kier alpha value is -1.95. The molecular weight excluding hydrogens is 302 g/mol. The number of rotatable bonds is 5. The van der Waals surface area contributed by atoms with E-state index in [4.69, 9.17) is 5.73 Å². The number of aromatic nitrogens is 2. The molecule has 24 heavy (non-hydrogen) atoms. The Labute approximate surface area is 143 Å².